The van der Waals surface area contributed by atoms with Gasteiger partial charge in [-0.05, 0) is 61.4 Å². The maximum atomic E-state index is 12.3. The molecular formula is C24H21ClN4O3S. The normalized spacial score (nSPS) is 14.0. The number of hydrogen-bond acceptors (Lipinski definition) is 5. The summed E-state index contributed by atoms with van der Waals surface area (Å²) < 4.78 is 6.37. The van der Waals surface area contributed by atoms with E-state index >= 15 is 0 Å². The second-order valence-corrected chi connectivity index (χ2v) is 9.47. The molecule has 5 rings (SSSR count). The van der Waals surface area contributed by atoms with Crippen molar-refractivity contribution in [2.24, 2.45) is 0 Å². The number of benzene rings is 2. The quantitative estimate of drug-likeness (QED) is 0.382. The van der Waals surface area contributed by atoms with Crippen molar-refractivity contribution in [2.75, 3.05) is 23.4 Å². The van der Waals surface area contributed by atoms with Crippen LogP contribution in [0.2, 0.25) is 4.34 Å². The van der Waals surface area contributed by atoms with E-state index in [4.69, 9.17) is 16.3 Å². The summed E-state index contributed by atoms with van der Waals surface area (Å²) in [6.45, 7) is 0.612. The number of ether oxygens (including phenoxy) is 1. The van der Waals surface area contributed by atoms with E-state index in [-0.39, 0.29) is 18.4 Å². The van der Waals surface area contributed by atoms with Crippen LogP contribution >= 0.6 is 22.9 Å². The zero-order valence-corrected chi connectivity index (χ0v) is 19.2. The number of fused-ring (bicyclic) bond motifs is 1. The van der Waals surface area contributed by atoms with Gasteiger partial charge in [-0.1, -0.05) is 11.6 Å². The zero-order valence-electron chi connectivity index (χ0n) is 17.6. The monoisotopic (exact) mass is 480 g/mol. The molecule has 1 aliphatic heterocycles. The molecule has 1 fully saturated rings. The van der Waals surface area contributed by atoms with Crippen LogP contribution in [0.3, 0.4) is 0 Å². The van der Waals surface area contributed by atoms with Crippen LogP contribution in [0.5, 0.6) is 5.75 Å². The van der Waals surface area contributed by atoms with Gasteiger partial charge in [0.25, 0.3) is 5.91 Å². The van der Waals surface area contributed by atoms with E-state index in [1.54, 1.807) is 23.1 Å². The highest BCUT2D eigenvalue weighted by Gasteiger charge is 2.19. The number of piperidine rings is 1. The molecule has 3 heterocycles. The van der Waals surface area contributed by atoms with Crippen LogP contribution in [0.1, 0.15) is 19.3 Å². The van der Waals surface area contributed by atoms with Gasteiger partial charge >= 0.3 is 0 Å². The van der Waals surface area contributed by atoms with Gasteiger partial charge in [-0.15, -0.1) is 11.3 Å². The van der Waals surface area contributed by atoms with Gasteiger partial charge in [0.15, 0.2) is 6.61 Å². The van der Waals surface area contributed by atoms with E-state index in [1.807, 2.05) is 36.4 Å². The molecule has 0 bridgehead atoms. The lowest BCUT2D eigenvalue weighted by Crippen LogP contribution is -2.35. The Kier molecular flexibility index (Phi) is 6.02. The fourth-order valence-electron chi connectivity index (χ4n) is 3.79. The van der Waals surface area contributed by atoms with Gasteiger partial charge in [0.2, 0.25) is 5.91 Å². The second kappa shape index (κ2) is 9.25. The molecule has 0 atom stereocenters. The largest absolute Gasteiger partial charge is 0.484 e. The summed E-state index contributed by atoms with van der Waals surface area (Å²) in [5.74, 6) is 1.19. The Bertz CT molecular complexity index is 1320. The Labute approximate surface area is 199 Å². The molecule has 0 spiro atoms. The first-order valence-electron chi connectivity index (χ1n) is 10.6. The summed E-state index contributed by atoms with van der Waals surface area (Å²) in [6, 6.07) is 16.5. The Balaban J connectivity index is 1.19. The van der Waals surface area contributed by atoms with Crippen LogP contribution in [0.25, 0.3) is 21.7 Å². The molecule has 0 saturated carbocycles. The number of halogens is 1. The third-order valence-corrected chi connectivity index (χ3v) is 6.65. The summed E-state index contributed by atoms with van der Waals surface area (Å²) in [4.78, 5) is 35.0. The number of aromatic amines is 1. The van der Waals surface area contributed by atoms with Crippen molar-refractivity contribution in [1.29, 1.82) is 0 Å². The third kappa shape index (κ3) is 4.86. The van der Waals surface area contributed by atoms with Crippen LogP contribution in [0, 0.1) is 0 Å². The predicted octanol–water partition coefficient (Wildman–Crippen LogP) is 5.48. The van der Waals surface area contributed by atoms with Gasteiger partial charge in [-0.3, -0.25) is 9.59 Å². The van der Waals surface area contributed by atoms with Gasteiger partial charge in [0.05, 0.1) is 20.2 Å². The van der Waals surface area contributed by atoms with Crippen LogP contribution in [0.4, 0.5) is 11.4 Å². The Morgan fingerprint density at radius 2 is 2.00 bits per heavy atom. The molecule has 1 aliphatic rings. The molecule has 7 nitrogen and oxygen atoms in total. The lowest BCUT2D eigenvalue weighted by molar-refractivity contribution is -0.119. The summed E-state index contributed by atoms with van der Waals surface area (Å²) >= 11 is 7.47. The van der Waals surface area contributed by atoms with Crippen molar-refractivity contribution in [3.8, 4) is 16.5 Å². The lowest BCUT2D eigenvalue weighted by atomic mass is 10.1. The smallest absolute Gasteiger partial charge is 0.262 e. The standard InChI is InChI=1S/C24H21ClN4O3S/c25-21-11-10-20(33-21)24-27-18-9-8-17(13-19(18)28-24)32-14-22(30)26-15-4-6-16(7-5-15)29-12-2-1-3-23(29)31/h4-11,13H,1-3,12,14H2,(H,26,30)(H,27,28). The maximum Gasteiger partial charge on any atom is 0.262 e. The van der Waals surface area contributed by atoms with Gasteiger partial charge in [0.1, 0.15) is 11.6 Å². The number of imidazole rings is 1. The Morgan fingerprint density at radius 1 is 1.15 bits per heavy atom. The molecule has 0 radical (unpaired) electrons. The summed E-state index contributed by atoms with van der Waals surface area (Å²) in [6.07, 6.45) is 2.54. The second-order valence-electron chi connectivity index (χ2n) is 7.75. The first kappa shape index (κ1) is 21.5. The number of amides is 2. The van der Waals surface area contributed by atoms with Crippen molar-refractivity contribution < 1.29 is 14.3 Å². The molecule has 4 aromatic rings. The number of carbonyl (C=O) groups is 2. The number of hydrogen-bond donors (Lipinski definition) is 2. The molecule has 2 N–H and O–H groups in total. The van der Waals surface area contributed by atoms with Crippen molar-refractivity contribution in [2.45, 2.75) is 19.3 Å². The predicted molar refractivity (Wildman–Crippen MR) is 131 cm³/mol. The van der Waals surface area contributed by atoms with Gasteiger partial charge < -0.3 is 19.9 Å². The van der Waals surface area contributed by atoms with E-state index in [9.17, 15) is 9.59 Å². The molecule has 9 heteroatoms. The van der Waals surface area contributed by atoms with E-state index in [2.05, 4.69) is 15.3 Å². The SMILES string of the molecule is O=C(COc1ccc2nc(-c3ccc(Cl)s3)[nH]c2c1)Nc1ccc(N2CCCCC2=O)cc1. The lowest BCUT2D eigenvalue weighted by Gasteiger charge is -2.26. The van der Waals surface area contributed by atoms with E-state index in [0.29, 0.717) is 22.2 Å². The maximum absolute atomic E-state index is 12.3. The van der Waals surface area contributed by atoms with Crippen molar-refractivity contribution >= 4 is 57.2 Å². The summed E-state index contributed by atoms with van der Waals surface area (Å²) in [7, 11) is 0. The summed E-state index contributed by atoms with van der Waals surface area (Å²) in [5, 5.41) is 2.82. The fraction of sp³-hybridized carbons (Fsp3) is 0.208. The average Bonchev–Trinajstić information content (AvgIpc) is 3.44. The number of thiophene rings is 1. The fourth-order valence-corrected chi connectivity index (χ4v) is 4.77. The average molecular weight is 481 g/mol. The van der Waals surface area contributed by atoms with Crippen LogP contribution in [0.15, 0.2) is 54.6 Å². The van der Waals surface area contributed by atoms with Gasteiger partial charge in [-0.2, -0.15) is 0 Å². The summed E-state index contributed by atoms with van der Waals surface area (Å²) in [5.41, 5.74) is 3.12. The minimum absolute atomic E-state index is 0.126. The Morgan fingerprint density at radius 3 is 2.76 bits per heavy atom. The van der Waals surface area contributed by atoms with Crippen LogP contribution < -0.4 is 15.0 Å². The molecule has 33 heavy (non-hydrogen) atoms. The molecular weight excluding hydrogens is 460 g/mol. The molecule has 2 amide bonds. The highest BCUT2D eigenvalue weighted by atomic mass is 35.5. The number of rotatable bonds is 6. The van der Waals surface area contributed by atoms with Gasteiger partial charge in [-0.25, -0.2) is 4.98 Å². The highest BCUT2D eigenvalue weighted by Crippen LogP contribution is 2.31. The van der Waals surface area contributed by atoms with E-state index < -0.39 is 0 Å². The minimum Gasteiger partial charge on any atom is -0.484 e. The molecule has 0 unspecified atom stereocenters. The number of anilines is 2. The molecule has 0 aliphatic carbocycles. The van der Waals surface area contributed by atoms with Crippen LogP contribution in [-0.4, -0.2) is 34.9 Å². The van der Waals surface area contributed by atoms with Crippen molar-refractivity contribution in [3.05, 3.63) is 58.9 Å². The number of nitrogens with one attached hydrogen (secondary N) is 2. The minimum atomic E-state index is -0.268. The van der Waals surface area contributed by atoms with E-state index in [0.717, 1.165) is 46.8 Å². The molecule has 1 saturated heterocycles. The molecule has 168 valence electrons. The first-order chi connectivity index (χ1) is 16.0. The zero-order chi connectivity index (χ0) is 22.8. The van der Waals surface area contributed by atoms with Crippen molar-refractivity contribution in [1.82, 2.24) is 9.97 Å². The topological polar surface area (TPSA) is 87.3 Å². The van der Waals surface area contributed by atoms with Crippen LogP contribution in [-0.2, 0) is 9.59 Å². The van der Waals surface area contributed by atoms with Gasteiger partial charge in [0, 0.05) is 30.4 Å². The number of aromatic nitrogens is 2. The number of nitrogens with zero attached hydrogens (tertiary/aromatic N) is 2. The molecule has 2 aromatic carbocycles. The Hall–Kier alpha value is -3.36. The van der Waals surface area contributed by atoms with Crippen molar-refractivity contribution in [3.63, 3.8) is 0 Å². The number of carbonyl (C=O) groups excluding carboxylic acids is 2. The third-order valence-electron chi connectivity index (χ3n) is 5.42. The van der Waals surface area contributed by atoms with E-state index in [1.165, 1.54) is 11.3 Å². The first-order valence-corrected chi connectivity index (χ1v) is 11.8. The highest BCUT2D eigenvalue weighted by molar-refractivity contribution is 7.19. The molecule has 2 aromatic heterocycles. The number of H-pyrrole nitrogens is 1.